The minimum Gasteiger partial charge on any atom is -0.480 e. The highest BCUT2D eigenvalue weighted by atomic mass is 32.2. The standard InChI is InChI=1S/C13H24N2O5S/c1-9(2)8-11(13(17)18)14-12(16)10-4-6-15(7-5-10)21(3,19)20/h9-11H,4-8H2,1-3H3,(H,14,16)(H,17,18). The van der Waals surface area contributed by atoms with E-state index in [1.165, 1.54) is 4.31 Å². The van der Waals surface area contributed by atoms with Crippen molar-refractivity contribution in [3.8, 4) is 0 Å². The van der Waals surface area contributed by atoms with Crippen molar-refractivity contribution in [2.24, 2.45) is 11.8 Å². The van der Waals surface area contributed by atoms with Crippen LogP contribution < -0.4 is 5.32 Å². The van der Waals surface area contributed by atoms with Crippen LogP contribution in [0.2, 0.25) is 0 Å². The van der Waals surface area contributed by atoms with Crippen molar-refractivity contribution in [2.45, 2.75) is 39.2 Å². The zero-order valence-electron chi connectivity index (χ0n) is 12.7. The van der Waals surface area contributed by atoms with Gasteiger partial charge in [-0.3, -0.25) is 4.79 Å². The van der Waals surface area contributed by atoms with Gasteiger partial charge >= 0.3 is 5.97 Å². The van der Waals surface area contributed by atoms with Gasteiger partial charge in [0.25, 0.3) is 0 Å². The molecule has 2 N–H and O–H groups in total. The number of nitrogens with one attached hydrogen (secondary N) is 1. The van der Waals surface area contributed by atoms with Crippen LogP contribution in [0, 0.1) is 11.8 Å². The third kappa shape index (κ3) is 5.62. The lowest BCUT2D eigenvalue weighted by molar-refractivity contribution is -0.143. The van der Waals surface area contributed by atoms with Crippen LogP contribution in [0.3, 0.4) is 0 Å². The molecular weight excluding hydrogens is 296 g/mol. The molecule has 0 bridgehead atoms. The van der Waals surface area contributed by atoms with Gasteiger partial charge in [0.15, 0.2) is 0 Å². The van der Waals surface area contributed by atoms with Crippen LogP contribution >= 0.6 is 0 Å². The van der Waals surface area contributed by atoms with E-state index in [4.69, 9.17) is 5.11 Å². The number of hydrogen-bond donors (Lipinski definition) is 2. The maximum absolute atomic E-state index is 12.1. The molecule has 21 heavy (non-hydrogen) atoms. The molecule has 122 valence electrons. The van der Waals surface area contributed by atoms with Crippen LogP contribution in [0.25, 0.3) is 0 Å². The zero-order valence-corrected chi connectivity index (χ0v) is 13.5. The first kappa shape index (κ1) is 17.9. The monoisotopic (exact) mass is 320 g/mol. The van der Waals surface area contributed by atoms with Crippen LogP contribution in [0.1, 0.15) is 33.1 Å². The number of hydrogen-bond acceptors (Lipinski definition) is 4. The van der Waals surface area contributed by atoms with Crippen molar-refractivity contribution in [1.82, 2.24) is 9.62 Å². The first-order valence-corrected chi connectivity index (χ1v) is 8.94. The second kappa shape index (κ2) is 7.22. The molecule has 0 aromatic heterocycles. The molecule has 0 aromatic rings. The minimum absolute atomic E-state index is 0.165. The molecule has 1 aliphatic heterocycles. The SMILES string of the molecule is CC(C)CC(NC(=O)C1CCN(S(C)(=O)=O)CC1)C(=O)O. The molecule has 8 heteroatoms. The lowest BCUT2D eigenvalue weighted by atomic mass is 9.96. The van der Waals surface area contributed by atoms with E-state index in [0.29, 0.717) is 32.4 Å². The van der Waals surface area contributed by atoms with Crippen molar-refractivity contribution in [3.05, 3.63) is 0 Å². The van der Waals surface area contributed by atoms with Crippen LogP contribution in [-0.4, -0.2) is 55.1 Å². The Morgan fingerprint density at radius 3 is 2.19 bits per heavy atom. The second-order valence-corrected chi connectivity index (χ2v) is 7.95. The van der Waals surface area contributed by atoms with E-state index in [9.17, 15) is 18.0 Å². The summed E-state index contributed by atoms with van der Waals surface area (Å²) in [6, 6.07) is -0.884. The summed E-state index contributed by atoms with van der Waals surface area (Å²) in [5, 5.41) is 11.7. The fourth-order valence-electron chi connectivity index (χ4n) is 2.43. The van der Waals surface area contributed by atoms with Gasteiger partial charge < -0.3 is 10.4 Å². The normalized spacial score (nSPS) is 19.4. The number of piperidine rings is 1. The van der Waals surface area contributed by atoms with Crippen molar-refractivity contribution in [3.63, 3.8) is 0 Å². The zero-order chi connectivity index (χ0) is 16.2. The van der Waals surface area contributed by atoms with Crippen molar-refractivity contribution in [2.75, 3.05) is 19.3 Å². The van der Waals surface area contributed by atoms with Gasteiger partial charge in [0.05, 0.1) is 6.26 Å². The minimum atomic E-state index is -3.22. The van der Waals surface area contributed by atoms with Crippen LogP contribution in [0.4, 0.5) is 0 Å². The number of amides is 1. The third-order valence-electron chi connectivity index (χ3n) is 3.62. The Kier molecular flexibility index (Phi) is 6.15. The first-order valence-electron chi connectivity index (χ1n) is 7.09. The molecule has 1 aliphatic rings. The molecule has 1 saturated heterocycles. The molecule has 0 aromatic carbocycles. The average Bonchev–Trinajstić information content (AvgIpc) is 2.36. The maximum Gasteiger partial charge on any atom is 0.326 e. The van der Waals surface area contributed by atoms with Gasteiger partial charge in [0, 0.05) is 19.0 Å². The van der Waals surface area contributed by atoms with E-state index >= 15 is 0 Å². The van der Waals surface area contributed by atoms with Crippen molar-refractivity contribution in [1.29, 1.82) is 0 Å². The van der Waals surface area contributed by atoms with Gasteiger partial charge in [-0.1, -0.05) is 13.8 Å². The van der Waals surface area contributed by atoms with Crippen LogP contribution in [-0.2, 0) is 19.6 Å². The highest BCUT2D eigenvalue weighted by molar-refractivity contribution is 7.88. The summed E-state index contributed by atoms with van der Waals surface area (Å²) in [7, 11) is -3.22. The highest BCUT2D eigenvalue weighted by Crippen LogP contribution is 2.19. The number of rotatable bonds is 6. The Morgan fingerprint density at radius 1 is 1.29 bits per heavy atom. The van der Waals surface area contributed by atoms with E-state index in [1.807, 2.05) is 13.8 Å². The molecular formula is C13H24N2O5S. The smallest absolute Gasteiger partial charge is 0.326 e. The van der Waals surface area contributed by atoms with Crippen LogP contribution in [0.15, 0.2) is 0 Å². The Bertz CT molecular complexity index is 481. The Balaban J connectivity index is 2.55. The summed E-state index contributed by atoms with van der Waals surface area (Å²) in [5.74, 6) is -1.49. The summed E-state index contributed by atoms with van der Waals surface area (Å²) in [6.07, 6.45) is 2.37. The number of carboxylic acid groups (broad SMARTS) is 1. The quantitative estimate of drug-likeness (QED) is 0.731. The van der Waals surface area contributed by atoms with E-state index in [0.717, 1.165) is 6.26 Å². The fourth-order valence-corrected chi connectivity index (χ4v) is 3.31. The van der Waals surface area contributed by atoms with E-state index in [1.54, 1.807) is 0 Å². The number of carbonyl (C=O) groups is 2. The lowest BCUT2D eigenvalue weighted by Crippen LogP contribution is -2.47. The third-order valence-corrected chi connectivity index (χ3v) is 4.92. The Labute approximate surface area is 125 Å². The summed E-state index contributed by atoms with van der Waals surface area (Å²) in [6.45, 7) is 4.40. The molecule has 1 atom stereocenters. The largest absolute Gasteiger partial charge is 0.480 e. The van der Waals surface area contributed by atoms with Crippen molar-refractivity contribution >= 4 is 21.9 Å². The van der Waals surface area contributed by atoms with E-state index < -0.39 is 22.0 Å². The molecule has 0 spiro atoms. The van der Waals surface area contributed by atoms with E-state index in [-0.39, 0.29) is 17.7 Å². The van der Waals surface area contributed by atoms with E-state index in [2.05, 4.69) is 5.32 Å². The highest BCUT2D eigenvalue weighted by Gasteiger charge is 2.31. The predicted molar refractivity (Wildman–Crippen MR) is 78.2 cm³/mol. The number of nitrogens with zero attached hydrogens (tertiary/aromatic N) is 1. The lowest BCUT2D eigenvalue weighted by Gasteiger charge is -2.30. The number of aliphatic carboxylic acids is 1. The number of sulfonamides is 1. The van der Waals surface area contributed by atoms with Gasteiger partial charge in [0.2, 0.25) is 15.9 Å². The topological polar surface area (TPSA) is 104 Å². The molecule has 0 radical (unpaired) electrons. The molecule has 1 amide bonds. The van der Waals surface area contributed by atoms with Gasteiger partial charge in [-0.15, -0.1) is 0 Å². The summed E-state index contributed by atoms with van der Waals surface area (Å²) >= 11 is 0. The Morgan fingerprint density at radius 2 is 1.81 bits per heavy atom. The summed E-state index contributed by atoms with van der Waals surface area (Å²) < 4.78 is 24.1. The molecule has 1 rings (SSSR count). The van der Waals surface area contributed by atoms with Gasteiger partial charge in [-0.05, 0) is 25.2 Å². The molecule has 1 heterocycles. The Hall–Kier alpha value is -1.15. The molecule has 0 saturated carbocycles. The first-order chi connectivity index (χ1) is 9.61. The number of carbonyl (C=O) groups excluding carboxylic acids is 1. The van der Waals surface area contributed by atoms with Crippen molar-refractivity contribution < 1.29 is 23.1 Å². The molecule has 1 unspecified atom stereocenters. The summed E-state index contributed by atoms with van der Waals surface area (Å²) in [4.78, 5) is 23.2. The fraction of sp³-hybridized carbons (Fsp3) is 0.846. The van der Waals surface area contributed by atoms with Gasteiger partial charge in [-0.2, -0.15) is 0 Å². The average molecular weight is 320 g/mol. The maximum atomic E-state index is 12.1. The molecule has 7 nitrogen and oxygen atoms in total. The van der Waals surface area contributed by atoms with Gasteiger partial charge in [-0.25, -0.2) is 17.5 Å². The predicted octanol–water partition coefficient (Wildman–Crippen LogP) is 0.274. The molecule has 0 aliphatic carbocycles. The number of carboxylic acids is 1. The molecule has 1 fully saturated rings. The summed E-state index contributed by atoms with van der Waals surface area (Å²) in [5.41, 5.74) is 0. The van der Waals surface area contributed by atoms with Gasteiger partial charge in [0.1, 0.15) is 6.04 Å². The van der Waals surface area contributed by atoms with Crippen LogP contribution in [0.5, 0.6) is 0 Å². The second-order valence-electron chi connectivity index (χ2n) is 5.97.